The van der Waals surface area contributed by atoms with Gasteiger partial charge in [-0.1, -0.05) is 17.7 Å². The fraction of sp³-hybridized carbons (Fsp3) is 0.280. The summed E-state index contributed by atoms with van der Waals surface area (Å²) in [6.45, 7) is 1.05. The average Bonchev–Trinajstić information content (AvgIpc) is 2.85. The number of anilines is 1. The number of rotatable bonds is 6. The highest BCUT2D eigenvalue weighted by Crippen LogP contribution is 2.37. The van der Waals surface area contributed by atoms with E-state index in [1.165, 1.54) is 16.4 Å². The summed E-state index contributed by atoms with van der Waals surface area (Å²) in [5, 5.41) is 3.27. The molecule has 1 saturated heterocycles. The van der Waals surface area contributed by atoms with Crippen LogP contribution in [0.4, 0.5) is 5.69 Å². The Morgan fingerprint density at radius 2 is 1.74 bits per heavy atom. The molecule has 8 nitrogen and oxygen atoms in total. The molecule has 2 aliphatic rings. The molecule has 0 aliphatic carbocycles. The number of pyridine rings is 1. The summed E-state index contributed by atoms with van der Waals surface area (Å²) < 4.78 is 35.4. The number of aromatic nitrogens is 1. The maximum atomic E-state index is 13.4. The van der Waals surface area contributed by atoms with Gasteiger partial charge in [0.2, 0.25) is 10.0 Å². The fourth-order valence-corrected chi connectivity index (χ4v) is 6.47. The minimum Gasteiger partial charge on any atom is -0.484 e. The molecular weight excluding hydrogens is 490 g/mol. The van der Waals surface area contributed by atoms with Crippen molar-refractivity contribution in [3.05, 3.63) is 87.8 Å². The SMILES string of the molecule is O=C(COc1ccc(Cl)cc1)Nc1ccc(S(=O)(=O)N2CC3CC(C2)c2cccc(=O)n2C3)cc1. The smallest absolute Gasteiger partial charge is 0.262 e. The Kier molecular flexibility index (Phi) is 6.39. The van der Waals surface area contributed by atoms with Crippen molar-refractivity contribution in [1.82, 2.24) is 8.87 Å². The fourth-order valence-electron chi connectivity index (χ4n) is 4.78. The predicted molar refractivity (Wildman–Crippen MR) is 132 cm³/mol. The van der Waals surface area contributed by atoms with Crippen LogP contribution in [-0.2, 0) is 21.4 Å². The molecule has 1 N–H and O–H groups in total. The summed E-state index contributed by atoms with van der Waals surface area (Å²) in [6.07, 6.45) is 0.874. The summed E-state index contributed by atoms with van der Waals surface area (Å²) in [6, 6.07) is 18.0. The standard InChI is InChI=1S/C25H24ClN3O5S/c26-19-4-8-21(9-5-19)34-16-24(30)27-20-6-10-22(11-7-20)35(32,33)28-13-17-12-18(15-28)23-2-1-3-25(31)29(23)14-17/h1-11,17-18H,12-16H2,(H,27,30). The molecule has 2 atom stereocenters. The second kappa shape index (κ2) is 9.49. The van der Waals surface area contributed by atoms with Crippen LogP contribution in [0, 0.1) is 5.92 Å². The second-order valence-corrected chi connectivity index (χ2v) is 11.2. The number of sulfonamides is 1. The van der Waals surface area contributed by atoms with Crippen molar-refractivity contribution in [3.8, 4) is 5.75 Å². The number of halogens is 1. The number of hydrogen-bond acceptors (Lipinski definition) is 5. The Bertz CT molecular complexity index is 1400. The molecule has 3 heterocycles. The third kappa shape index (κ3) is 4.98. The van der Waals surface area contributed by atoms with Crippen molar-refractivity contribution in [2.75, 3.05) is 25.0 Å². The normalized spacial score (nSPS) is 19.6. The number of piperidine rings is 1. The summed E-state index contributed by atoms with van der Waals surface area (Å²) in [4.78, 5) is 24.6. The minimum absolute atomic E-state index is 0.00891. The van der Waals surface area contributed by atoms with Crippen LogP contribution >= 0.6 is 11.6 Å². The molecule has 0 radical (unpaired) electrons. The van der Waals surface area contributed by atoms with E-state index in [1.54, 1.807) is 53.1 Å². The van der Waals surface area contributed by atoms with E-state index in [0.717, 1.165) is 12.1 Å². The van der Waals surface area contributed by atoms with E-state index in [4.69, 9.17) is 16.3 Å². The zero-order chi connectivity index (χ0) is 24.6. The van der Waals surface area contributed by atoms with Crippen LogP contribution in [0.5, 0.6) is 5.75 Å². The lowest BCUT2D eigenvalue weighted by atomic mass is 9.84. The number of hydrogen-bond donors (Lipinski definition) is 1. The van der Waals surface area contributed by atoms with E-state index >= 15 is 0 Å². The third-order valence-electron chi connectivity index (χ3n) is 6.41. The van der Waals surface area contributed by atoms with Crippen molar-refractivity contribution in [2.45, 2.75) is 23.8 Å². The number of carbonyl (C=O) groups is 1. The van der Waals surface area contributed by atoms with Crippen molar-refractivity contribution < 1.29 is 17.9 Å². The van der Waals surface area contributed by atoms with Crippen molar-refractivity contribution in [3.63, 3.8) is 0 Å². The van der Waals surface area contributed by atoms with Gasteiger partial charge in [-0.05, 0) is 66.9 Å². The Morgan fingerprint density at radius 3 is 2.49 bits per heavy atom. The first kappa shape index (κ1) is 23.6. The van der Waals surface area contributed by atoms with Gasteiger partial charge in [-0.3, -0.25) is 9.59 Å². The first-order chi connectivity index (χ1) is 16.8. The molecule has 2 bridgehead atoms. The number of carbonyl (C=O) groups excluding carboxylic acids is 1. The van der Waals surface area contributed by atoms with Gasteiger partial charge < -0.3 is 14.6 Å². The topological polar surface area (TPSA) is 97.7 Å². The molecule has 3 aromatic rings. The van der Waals surface area contributed by atoms with Gasteiger partial charge in [0.25, 0.3) is 11.5 Å². The van der Waals surface area contributed by atoms with Crippen LogP contribution in [-0.4, -0.2) is 42.9 Å². The molecule has 0 spiro atoms. The van der Waals surface area contributed by atoms with Crippen LogP contribution in [0.15, 0.2) is 76.4 Å². The summed E-state index contributed by atoms with van der Waals surface area (Å²) in [7, 11) is -3.71. The molecule has 10 heteroatoms. The van der Waals surface area contributed by atoms with Crippen LogP contribution in [0.25, 0.3) is 0 Å². The van der Waals surface area contributed by atoms with Gasteiger partial charge in [0.05, 0.1) is 4.90 Å². The lowest BCUT2D eigenvalue weighted by Crippen LogP contribution is -2.48. The van der Waals surface area contributed by atoms with Gasteiger partial charge in [-0.25, -0.2) is 8.42 Å². The number of ether oxygens (including phenoxy) is 1. The molecule has 1 amide bonds. The molecule has 5 rings (SSSR count). The lowest BCUT2D eigenvalue weighted by Gasteiger charge is -2.42. The highest BCUT2D eigenvalue weighted by molar-refractivity contribution is 7.89. The van der Waals surface area contributed by atoms with Gasteiger partial charge in [-0.15, -0.1) is 0 Å². The zero-order valence-electron chi connectivity index (χ0n) is 18.8. The summed E-state index contributed by atoms with van der Waals surface area (Å²) >= 11 is 5.83. The first-order valence-corrected chi connectivity index (χ1v) is 13.1. The Balaban J connectivity index is 1.24. The zero-order valence-corrected chi connectivity index (χ0v) is 20.3. The van der Waals surface area contributed by atoms with Crippen molar-refractivity contribution >= 4 is 33.2 Å². The van der Waals surface area contributed by atoms with Crippen molar-refractivity contribution in [1.29, 1.82) is 0 Å². The number of benzene rings is 2. The number of fused-ring (bicyclic) bond motifs is 4. The van der Waals surface area contributed by atoms with Crippen LogP contribution < -0.4 is 15.6 Å². The molecule has 182 valence electrons. The third-order valence-corrected chi connectivity index (χ3v) is 8.50. The van der Waals surface area contributed by atoms with E-state index in [-0.39, 0.29) is 34.8 Å². The van der Waals surface area contributed by atoms with Gasteiger partial charge in [0, 0.05) is 48.0 Å². The maximum absolute atomic E-state index is 13.4. The van der Waals surface area contributed by atoms with Crippen LogP contribution in [0.1, 0.15) is 18.0 Å². The van der Waals surface area contributed by atoms with E-state index < -0.39 is 10.0 Å². The number of amides is 1. The highest BCUT2D eigenvalue weighted by atomic mass is 35.5. The molecule has 35 heavy (non-hydrogen) atoms. The molecule has 2 unspecified atom stereocenters. The quantitative estimate of drug-likeness (QED) is 0.545. The Morgan fingerprint density at radius 1 is 1.00 bits per heavy atom. The second-order valence-electron chi connectivity index (χ2n) is 8.84. The van der Waals surface area contributed by atoms with E-state index in [2.05, 4.69) is 5.32 Å². The minimum atomic E-state index is -3.71. The van der Waals surface area contributed by atoms with Crippen molar-refractivity contribution in [2.24, 2.45) is 5.92 Å². The molecule has 0 saturated carbocycles. The van der Waals surface area contributed by atoms with Gasteiger partial charge in [0.15, 0.2) is 6.61 Å². The van der Waals surface area contributed by atoms with E-state index in [0.29, 0.717) is 36.1 Å². The Labute approximate surface area is 208 Å². The molecule has 1 aromatic heterocycles. The molecule has 2 aromatic carbocycles. The number of nitrogens with one attached hydrogen (secondary N) is 1. The largest absolute Gasteiger partial charge is 0.484 e. The maximum Gasteiger partial charge on any atom is 0.262 e. The highest BCUT2D eigenvalue weighted by Gasteiger charge is 2.39. The predicted octanol–water partition coefficient (Wildman–Crippen LogP) is 3.33. The average molecular weight is 514 g/mol. The van der Waals surface area contributed by atoms with Gasteiger partial charge in [-0.2, -0.15) is 4.31 Å². The van der Waals surface area contributed by atoms with E-state index in [9.17, 15) is 18.0 Å². The van der Waals surface area contributed by atoms with Gasteiger partial charge in [0.1, 0.15) is 5.75 Å². The van der Waals surface area contributed by atoms with E-state index in [1.807, 2.05) is 6.07 Å². The monoisotopic (exact) mass is 513 g/mol. The molecule has 1 fully saturated rings. The van der Waals surface area contributed by atoms with Crippen LogP contribution in [0.3, 0.4) is 0 Å². The Hall–Kier alpha value is -3.14. The summed E-state index contributed by atoms with van der Waals surface area (Å²) in [5.41, 5.74) is 1.33. The first-order valence-electron chi connectivity index (χ1n) is 11.3. The molecule has 2 aliphatic heterocycles. The lowest BCUT2D eigenvalue weighted by molar-refractivity contribution is -0.118. The number of nitrogens with zero attached hydrogens (tertiary/aromatic N) is 2. The summed E-state index contributed by atoms with van der Waals surface area (Å²) in [5.74, 6) is 0.235. The van der Waals surface area contributed by atoms with Gasteiger partial charge >= 0.3 is 0 Å². The van der Waals surface area contributed by atoms with Crippen LogP contribution in [0.2, 0.25) is 5.02 Å². The molecular formula is C25H24ClN3O5S.